The highest BCUT2D eigenvalue weighted by Gasteiger charge is 1.99. The molecule has 0 aliphatic heterocycles. The van der Waals surface area contributed by atoms with E-state index in [0.717, 1.165) is 38.2 Å². The summed E-state index contributed by atoms with van der Waals surface area (Å²) in [6.07, 6.45) is 3.32. The van der Waals surface area contributed by atoms with Gasteiger partial charge >= 0.3 is 0 Å². The average molecular weight is 251 g/mol. The van der Waals surface area contributed by atoms with Crippen LogP contribution in [-0.4, -0.2) is 26.4 Å². The highest BCUT2D eigenvalue weighted by molar-refractivity contribution is 5.35. The van der Waals surface area contributed by atoms with Crippen molar-refractivity contribution >= 4 is 0 Å². The number of aryl methyl sites for hydroxylation is 2. The van der Waals surface area contributed by atoms with E-state index in [1.165, 1.54) is 11.1 Å². The quantitative estimate of drug-likeness (QED) is 0.686. The minimum atomic E-state index is 0.612. The Labute approximate surface area is 110 Å². The van der Waals surface area contributed by atoms with E-state index in [-0.39, 0.29) is 0 Å². The molecule has 0 atom stereocenters. The van der Waals surface area contributed by atoms with Gasteiger partial charge < -0.3 is 15.2 Å². The summed E-state index contributed by atoms with van der Waals surface area (Å²) in [7, 11) is 0. The number of unbranched alkanes of at least 4 members (excludes halogenated alkanes) is 2. The zero-order chi connectivity index (χ0) is 13.2. The van der Waals surface area contributed by atoms with Gasteiger partial charge in [0.15, 0.2) is 0 Å². The summed E-state index contributed by atoms with van der Waals surface area (Å²) in [5.74, 6) is 0.951. The van der Waals surface area contributed by atoms with E-state index >= 15 is 0 Å². The van der Waals surface area contributed by atoms with Crippen molar-refractivity contribution in [3.8, 4) is 5.75 Å². The Bertz CT molecular complexity index is 339. The molecule has 0 aliphatic carbocycles. The third-order valence-electron chi connectivity index (χ3n) is 2.81. The first-order chi connectivity index (χ1) is 8.74. The standard InChI is InChI=1S/C15H25NO2/c1-13-6-7-15(14(2)12-13)18-11-10-17-9-5-3-4-8-16/h6-7,12H,3-5,8-11,16H2,1-2H3. The molecule has 0 amide bonds. The fourth-order valence-corrected chi connectivity index (χ4v) is 1.80. The molecule has 0 heterocycles. The summed E-state index contributed by atoms with van der Waals surface area (Å²) in [5.41, 5.74) is 7.86. The molecule has 0 saturated heterocycles. The van der Waals surface area contributed by atoms with Crippen molar-refractivity contribution in [3.63, 3.8) is 0 Å². The number of rotatable bonds is 9. The predicted octanol–water partition coefficient (Wildman–Crippen LogP) is 2.83. The summed E-state index contributed by atoms with van der Waals surface area (Å²) in [6, 6.07) is 6.21. The molecule has 2 N–H and O–H groups in total. The molecule has 0 spiro atoms. The van der Waals surface area contributed by atoms with Crippen molar-refractivity contribution < 1.29 is 9.47 Å². The lowest BCUT2D eigenvalue weighted by Gasteiger charge is -2.10. The summed E-state index contributed by atoms with van der Waals surface area (Å²) in [5, 5.41) is 0. The molecule has 1 rings (SSSR count). The molecule has 0 bridgehead atoms. The Balaban J connectivity index is 2.07. The van der Waals surface area contributed by atoms with Gasteiger partial charge in [-0.05, 0) is 51.3 Å². The lowest BCUT2D eigenvalue weighted by molar-refractivity contribution is 0.0970. The second-order valence-electron chi connectivity index (χ2n) is 4.58. The van der Waals surface area contributed by atoms with Crippen LogP contribution in [0.15, 0.2) is 18.2 Å². The molecule has 18 heavy (non-hydrogen) atoms. The van der Waals surface area contributed by atoms with Gasteiger partial charge in [0, 0.05) is 6.61 Å². The van der Waals surface area contributed by atoms with Gasteiger partial charge in [-0.3, -0.25) is 0 Å². The van der Waals surface area contributed by atoms with Crippen molar-refractivity contribution in [2.24, 2.45) is 5.73 Å². The monoisotopic (exact) mass is 251 g/mol. The van der Waals surface area contributed by atoms with Crippen LogP contribution in [0.1, 0.15) is 30.4 Å². The maximum atomic E-state index is 5.67. The van der Waals surface area contributed by atoms with E-state index in [4.69, 9.17) is 15.2 Å². The molecule has 0 radical (unpaired) electrons. The number of ether oxygens (including phenoxy) is 2. The van der Waals surface area contributed by atoms with Crippen molar-refractivity contribution in [3.05, 3.63) is 29.3 Å². The topological polar surface area (TPSA) is 44.5 Å². The van der Waals surface area contributed by atoms with Crippen LogP contribution in [0.2, 0.25) is 0 Å². The van der Waals surface area contributed by atoms with Gasteiger partial charge in [0.25, 0.3) is 0 Å². The van der Waals surface area contributed by atoms with Crippen LogP contribution in [0.5, 0.6) is 5.75 Å². The summed E-state index contributed by atoms with van der Waals surface area (Å²) in [6.45, 7) is 6.99. The van der Waals surface area contributed by atoms with Crippen LogP contribution in [0.3, 0.4) is 0 Å². The summed E-state index contributed by atoms with van der Waals surface area (Å²) >= 11 is 0. The largest absolute Gasteiger partial charge is 0.491 e. The molecule has 1 aromatic carbocycles. The number of nitrogens with two attached hydrogens (primary N) is 1. The normalized spacial score (nSPS) is 10.6. The number of hydrogen-bond acceptors (Lipinski definition) is 3. The second kappa shape index (κ2) is 8.95. The Morgan fingerprint density at radius 2 is 1.83 bits per heavy atom. The van der Waals surface area contributed by atoms with Gasteiger partial charge in [0.2, 0.25) is 0 Å². The van der Waals surface area contributed by atoms with E-state index in [9.17, 15) is 0 Å². The van der Waals surface area contributed by atoms with Gasteiger partial charge in [0.1, 0.15) is 12.4 Å². The zero-order valence-corrected chi connectivity index (χ0v) is 11.6. The first kappa shape index (κ1) is 15.0. The van der Waals surface area contributed by atoms with Crippen LogP contribution >= 0.6 is 0 Å². The van der Waals surface area contributed by atoms with Crippen molar-refractivity contribution in [1.82, 2.24) is 0 Å². The molecular weight excluding hydrogens is 226 g/mol. The first-order valence-electron chi connectivity index (χ1n) is 6.72. The third kappa shape index (κ3) is 6.03. The Morgan fingerprint density at radius 1 is 1.00 bits per heavy atom. The van der Waals surface area contributed by atoms with Crippen molar-refractivity contribution in [1.29, 1.82) is 0 Å². The van der Waals surface area contributed by atoms with Crippen LogP contribution in [0, 0.1) is 13.8 Å². The van der Waals surface area contributed by atoms with Crippen LogP contribution in [-0.2, 0) is 4.74 Å². The van der Waals surface area contributed by atoms with E-state index in [1.807, 2.05) is 6.07 Å². The molecule has 0 saturated carbocycles. The Morgan fingerprint density at radius 3 is 2.56 bits per heavy atom. The summed E-state index contributed by atoms with van der Waals surface area (Å²) in [4.78, 5) is 0. The van der Waals surface area contributed by atoms with Gasteiger partial charge in [-0.25, -0.2) is 0 Å². The van der Waals surface area contributed by atoms with Gasteiger partial charge in [0.05, 0.1) is 6.61 Å². The molecule has 1 aromatic rings. The van der Waals surface area contributed by atoms with E-state index in [1.54, 1.807) is 0 Å². The maximum Gasteiger partial charge on any atom is 0.122 e. The molecule has 0 unspecified atom stereocenters. The first-order valence-corrected chi connectivity index (χ1v) is 6.72. The van der Waals surface area contributed by atoms with E-state index < -0.39 is 0 Å². The fourth-order valence-electron chi connectivity index (χ4n) is 1.80. The minimum absolute atomic E-state index is 0.612. The van der Waals surface area contributed by atoms with Crippen LogP contribution in [0.25, 0.3) is 0 Å². The number of benzene rings is 1. The van der Waals surface area contributed by atoms with Gasteiger partial charge in [-0.1, -0.05) is 17.7 Å². The number of hydrogen-bond donors (Lipinski definition) is 1. The third-order valence-corrected chi connectivity index (χ3v) is 2.81. The lowest BCUT2D eigenvalue weighted by atomic mass is 10.1. The maximum absolute atomic E-state index is 5.67. The van der Waals surface area contributed by atoms with E-state index in [0.29, 0.717) is 13.2 Å². The van der Waals surface area contributed by atoms with Gasteiger partial charge in [-0.2, -0.15) is 0 Å². The SMILES string of the molecule is Cc1ccc(OCCOCCCCCN)c(C)c1. The highest BCUT2D eigenvalue weighted by Crippen LogP contribution is 2.18. The molecule has 102 valence electrons. The highest BCUT2D eigenvalue weighted by atomic mass is 16.5. The summed E-state index contributed by atoms with van der Waals surface area (Å²) < 4.78 is 11.2. The fraction of sp³-hybridized carbons (Fsp3) is 0.600. The average Bonchev–Trinajstić information content (AvgIpc) is 2.35. The second-order valence-corrected chi connectivity index (χ2v) is 4.58. The van der Waals surface area contributed by atoms with E-state index in [2.05, 4.69) is 26.0 Å². The van der Waals surface area contributed by atoms with Crippen LogP contribution < -0.4 is 10.5 Å². The van der Waals surface area contributed by atoms with Gasteiger partial charge in [-0.15, -0.1) is 0 Å². The molecule has 0 aliphatic rings. The Kier molecular flexibility index (Phi) is 7.46. The lowest BCUT2D eigenvalue weighted by Crippen LogP contribution is -2.08. The molecule has 3 heteroatoms. The predicted molar refractivity (Wildman–Crippen MR) is 75.1 cm³/mol. The molecule has 3 nitrogen and oxygen atoms in total. The molecule has 0 aromatic heterocycles. The van der Waals surface area contributed by atoms with Crippen molar-refractivity contribution in [2.75, 3.05) is 26.4 Å². The smallest absolute Gasteiger partial charge is 0.122 e. The van der Waals surface area contributed by atoms with Crippen molar-refractivity contribution in [2.45, 2.75) is 33.1 Å². The molecule has 0 fully saturated rings. The van der Waals surface area contributed by atoms with Crippen LogP contribution in [0.4, 0.5) is 0 Å². The zero-order valence-electron chi connectivity index (χ0n) is 11.6. The molecular formula is C15H25NO2. The Hall–Kier alpha value is -1.06. The minimum Gasteiger partial charge on any atom is -0.491 e.